The van der Waals surface area contributed by atoms with E-state index in [2.05, 4.69) is 4.98 Å². The predicted molar refractivity (Wildman–Crippen MR) is 68.8 cm³/mol. The Morgan fingerprint density at radius 1 is 1.16 bits per heavy atom. The summed E-state index contributed by atoms with van der Waals surface area (Å²) >= 11 is 0. The van der Waals surface area contributed by atoms with E-state index in [1.165, 1.54) is 6.20 Å². The van der Waals surface area contributed by atoms with E-state index in [1.54, 1.807) is 32.2 Å². The number of aromatic nitrogens is 1. The molecule has 1 heterocycles. The number of ketones is 1. The molecule has 0 spiro atoms. The Morgan fingerprint density at radius 3 is 2.26 bits per heavy atom. The largest absolute Gasteiger partial charge is 0.294 e. The van der Waals surface area contributed by atoms with E-state index in [0.717, 1.165) is 12.1 Å². The number of carbonyl (C=O) groups excluding carboxylic acids is 1. The van der Waals surface area contributed by atoms with Crippen molar-refractivity contribution < 1.29 is 13.6 Å². The molecule has 4 heteroatoms. The minimum absolute atomic E-state index is 0.364. The first kappa shape index (κ1) is 13.3. The van der Waals surface area contributed by atoms with Crippen molar-refractivity contribution in [2.45, 2.75) is 13.8 Å². The number of Topliss-reactive ketones (excluding diaryl/α,β-unsaturated/α-hetero) is 1. The summed E-state index contributed by atoms with van der Waals surface area (Å²) in [6.45, 7) is 3.21. The lowest BCUT2D eigenvalue weighted by molar-refractivity contribution is 0.0931. The van der Waals surface area contributed by atoms with Crippen molar-refractivity contribution in [3.63, 3.8) is 0 Å². The molecular weight excluding hydrogens is 248 g/mol. The van der Waals surface area contributed by atoms with Gasteiger partial charge in [0, 0.05) is 23.9 Å². The highest BCUT2D eigenvalue weighted by Gasteiger charge is 2.21. The highest BCUT2D eigenvalue weighted by molar-refractivity contribution is 5.98. The van der Waals surface area contributed by atoms with Gasteiger partial charge in [0.1, 0.15) is 11.6 Å². The Morgan fingerprint density at radius 2 is 1.79 bits per heavy atom. The van der Waals surface area contributed by atoms with E-state index >= 15 is 0 Å². The van der Waals surface area contributed by atoms with Crippen LogP contribution in [0.3, 0.4) is 0 Å². The average molecular weight is 261 g/mol. The van der Waals surface area contributed by atoms with Crippen molar-refractivity contribution in [3.8, 4) is 11.1 Å². The van der Waals surface area contributed by atoms with Crippen molar-refractivity contribution in [2.75, 3.05) is 0 Å². The van der Waals surface area contributed by atoms with Crippen molar-refractivity contribution >= 4 is 5.78 Å². The van der Waals surface area contributed by atoms with Crippen molar-refractivity contribution in [2.24, 2.45) is 5.92 Å². The summed E-state index contributed by atoms with van der Waals surface area (Å²) in [5, 5.41) is 0. The van der Waals surface area contributed by atoms with Gasteiger partial charge in [-0.15, -0.1) is 0 Å². The second-order valence-electron chi connectivity index (χ2n) is 4.58. The smallest absolute Gasteiger partial charge is 0.171 e. The predicted octanol–water partition coefficient (Wildman–Crippen LogP) is 3.87. The van der Waals surface area contributed by atoms with Gasteiger partial charge < -0.3 is 0 Å². The van der Waals surface area contributed by atoms with Gasteiger partial charge >= 0.3 is 0 Å². The van der Waals surface area contributed by atoms with Gasteiger partial charge in [0.2, 0.25) is 0 Å². The number of rotatable bonds is 3. The highest BCUT2D eigenvalue weighted by atomic mass is 19.1. The second-order valence-corrected chi connectivity index (χ2v) is 4.58. The Kier molecular flexibility index (Phi) is 3.69. The molecule has 2 aromatic rings. The Hall–Kier alpha value is -2.10. The van der Waals surface area contributed by atoms with Gasteiger partial charge in [-0.1, -0.05) is 19.9 Å². The maximum Gasteiger partial charge on any atom is 0.171 e. The van der Waals surface area contributed by atoms with Crippen molar-refractivity contribution in [1.82, 2.24) is 4.98 Å². The monoisotopic (exact) mass is 261 g/mol. The second kappa shape index (κ2) is 5.26. The topological polar surface area (TPSA) is 30.0 Å². The molecular formula is C15H13F2NO. The van der Waals surface area contributed by atoms with Crippen LogP contribution in [0.2, 0.25) is 0 Å². The van der Waals surface area contributed by atoms with E-state index in [0.29, 0.717) is 11.1 Å². The van der Waals surface area contributed by atoms with Crippen molar-refractivity contribution in [1.29, 1.82) is 0 Å². The molecule has 0 saturated carbocycles. The van der Waals surface area contributed by atoms with E-state index in [4.69, 9.17) is 0 Å². The van der Waals surface area contributed by atoms with Gasteiger partial charge in [-0.3, -0.25) is 9.78 Å². The highest BCUT2D eigenvalue weighted by Crippen LogP contribution is 2.25. The maximum absolute atomic E-state index is 13.9. The van der Waals surface area contributed by atoms with Crippen LogP contribution in [0.25, 0.3) is 11.1 Å². The zero-order valence-corrected chi connectivity index (χ0v) is 10.7. The fourth-order valence-corrected chi connectivity index (χ4v) is 1.80. The Balaban J connectivity index is 2.52. The van der Waals surface area contributed by atoms with Crippen LogP contribution in [-0.4, -0.2) is 10.8 Å². The minimum Gasteiger partial charge on any atom is -0.294 e. The van der Waals surface area contributed by atoms with Crippen LogP contribution < -0.4 is 0 Å². The molecule has 19 heavy (non-hydrogen) atoms. The molecule has 98 valence electrons. The molecule has 0 amide bonds. The number of carbonyl (C=O) groups is 1. The molecule has 1 aromatic heterocycles. The third kappa shape index (κ3) is 2.67. The SMILES string of the molecule is CC(C)C(=O)c1c(F)cc(-c2cccnc2)cc1F. The van der Waals surface area contributed by atoms with E-state index in [1.807, 2.05) is 0 Å². The molecule has 0 fully saturated rings. The summed E-state index contributed by atoms with van der Waals surface area (Å²) in [5.41, 5.74) is 0.495. The zero-order valence-electron chi connectivity index (χ0n) is 10.7. The standard InChI is InChI=1S/C15H13F2NO/c1-9(2)15(19)14-12(16)6-11(7-13(14)17)10-4-3-5-18-8-10/h3-9H,1-2H3. The molecule has 0 radical (unpaired) electrons. The van der Waals surface area contributed by atoms with Gasteiger partial charge in [-0.05, 0) is 23.8 Å². The average Bonchev–Trinajstić information content (AvgIpc) is 2.38. The fourth-order valence-electron chi connectivity index (χ4n) is 1.80. The third-order valence-electron chi connectivity index (χ3n) is 2.81. The molecule has 0 atom stereocenters. The molecule has 0 unspecified atom stereocenters. The molecule has 1 aromatic carbocycles. The number of hydrogen-bond acceptors (Lipinski definition) is 2. The Bertz CT molecular complexity index is 586. The summed E-state index contributed by atoms with van der Waals surface area (Å²) in [6.07, 6.45) is 3.09. The first-order valence-electron chi connectivity index (χ1n) is 5.94. The molecule has 0 aliphatic heterocycles. The van der Waals surface area contributed by atoms with Gasteiger partial charge in [0.05, 0.1) is 5.56 Å². The summed E-state index contributed by atoms with van der Waals surface area (Å²) in [6, 6.07) is 5.70. The van der Waals surface area contributed by atoms with Gasteiger partial charge in [0.25, 0.3) is 0 Å². The van der Waals surface area contributed by atoms with Crippen LogP contribution in [0.1, 0.15) is 24.2 Å². The van der Waals surface area contributed by atoms with Crippen LogP contribution in [-0.2, 0) is 0 Å². The lowest BCUT2D eigenvalue weighted by Gasteiger charge is -2.09. The number of nitrogens with zero attached hydrogens (tertiary/aromatic N) is 1. The van der Waals surface area contributed by atoms with Crippen LogP contribution in [0.5, 0.6) is 0 Å². The molecule has 0 aliphatic carbocycles. The van der Waals surface area contributed by atoms with Gasteiger partial charge in [0.15, 0.2) is 5.78 Å². The minimum atomic E-state index is -0.836. The van der Waals surface area contributed by atoms with Crippen LogP contribution in [0.4, 0.5) is 8.78 Å². The quantitative estimate of drug-likeness (QED) is 0.785. The molecule has 2 nitrogen and oxygen atoms in total. The lowest BCUT2D eigenvalue weighted by atomic mass is 9.97. The summed E-state index contributed by atoms with van der Waals surface area (Å²) in [4.78, 5) is 15.6. The normalized spacial score (nSPS) is 10.8. The van der Waals surface area contributed by atoms with E-state index in [9.17, 15) is 13.6 Å². The summed E-state index contributed by atoms with van der Waals surface area (Å²) < 4.78 is 27.9. The number of benzene rings is 1. The molecule has 0 saturated heterocycles. The lowest BCUT2D eigenvalue weighted by Crippen LogP contribution is -2.12. The first-order chi connectivity index (χ1) is 9.00. The zero-order chi connectivity index (χ0) is 14.0. The van der Waals surface area contributed by atoms with Crippen LogP contribution in [0.15, 0.2) is 36.7 Å². The van der Waals surface area contributed by atoms with Gasteiger partial charge in [-0.25, -0.2) is 8.78 Å². The van der Waals surface area contributed by atoms with Gasteiger partial charge in [-0.2, -0.15) is 0 Å². The molecule has 0 N–H and O–H groups in total. The Labute approximate surface area is 110 Å². The molecule has 0 bridgehead atoms. The molecule has 2 rings (SSSR count). The van der Waals surface area contributed by atoms with Crippen LogP contribution >= 0.6 is 0 Å². The maximum atomic E-state index is 13.9. The number of halogens is 2. The van der Waals surface area contributed by atoms with E-state index in [-0.39, 0.29) is 0 Å². The summed E-state index contributed by atoms with van der Waals surface area (Å²) in [5.74, 6) is -2.66. The number of hydrogen-bond donors (Lipinski definition) is 0. The van der Waals surface area contributed by atoms with Crippen LogP contribution in [0, 0.1) is 17.6 Å². The van der Waals surface area contributed by atoms with Crippen molar-refractivity contribution in [3.05, 3.63) is 53.9 Å². The van der Waals surface area contributed by atoms with E-state index < -0.39 is 28.9 Å². The molecule has 0 aliphatic rings. The third-order valence-corrected chi connectivity index (χ3v) is 2.81. The first-order valence-corrected chi connectivity index (χ1v) is 5.94. The number of pyridine rings is 1. The fraction of sp³-hybridized carbons (Fsp3) is 0.200. The summed E-state index contributed by atoms with van der Waals surface area (Å²) in [7, 11) is 0.